The molecule has 0 atom stereocenters. The Hall–Kier alpha value is -2.76. The molecule has 0 spiro atoms. The molecule has 0 fully saturated rings. The van der Waals surface area contributed by atoms with Gasteiger partial charge >= 0.3 is 0 Å². The minimum atomic E-state index is 0.323. The highest BCUT2D eigenvalue weighted by Crippen LogP contribution is 2.23. The number of hydrogen-bond donors (Lipinski definition) is 2. The number of aromatic nitrogens is 1. The molecule has 0 saturated heterocycles. The SMILES string of the molecule is CCNC(=NCc1ccnc(Oc2ccc(OCC)cc2)c1)NC(C)C. The van der Waals surface area contributed by atoms with Crippen LogP contribution in [0.15, 0.2) is 47.6 Å². The van der Waals surface area contributed by atoms with Crippen LogP contribution in [0.4, 0.5) is 0 Å². The molecule has 2 rings (SSSR count). The molecule has 0 unspecified atom stereocenters. The average Bonchev–Trinajstić information content (AvgIpc) is 2.62. The zero-order valence-electron chi connectivity index (χ0n) is 16.0. The first-order valence-corrected chi connectivity index (χ1v) is 9.01. The third-order valence-corrected chi connectivity index (χ3v) is 3.35. The lowest BCUT2D eigenvalue weighted by atomic mass is 10.2. The summed E-state index contributed by atoms with van der Waals surface area (Å²) in [4.78, 5) is 8.87. The molecule has 1 aromatic heterocycles. The minimum absolute atomic E-state index is 0.323. The molecule has 0 aliphatic rings. The normalized spacial score (nSPS) is 11.3. The zero-order chi connectivity index (χ0) is 18.8. The van der Waals surface area contributed by atoms with Gasteiger partial charge in [0.2, 0.25) is 5.88 Å². The average molecular weight is 356 g/mol. The van der Waals surface area contributed by atoms with Crippen molar-refractivity contribution in [1.82, 2.24) is 15.6 Å². The molecule has 26 heavy (non-hydrogen) atoms. The molecule has 2 aromatic rings. The molecule has 0 aliphatic heterocycles. The van der Waals surface area contributed by atoms with Gasteiger partial charge in [0.05, 0.1) is 13.2 Å². The Morgan fingerprint density at radius 2 is 1.85 bits per heavy atom. The lowest BCUT2D eigenvalue weighted by Crippen LogP contribution is -2.40. The van der Waals surface area contributed by atoms with Crippen LogP contribution in [0.2, 0.25) is 0 Å². The van der Waals surface area contributed by atoms with E-state index < -0.39 is 0 Å². The second-order valence-electron chi connectivity index (χ2n) is 6.00. The highest BCUT2D eigenvalue weighted by atomic mass is 16.5. The number of ether oxygens (including phenoxy) is 2. The predicted molar refractivity (Wildman–Crippen MR) is 105 cm³/mol. The van der Waals surface area contributed by atoms with Crippen molar-refractivity contribution in [2.24, 2.45) is 4.99 Å². The Bertz CT molecular complexity index is 699. The summed E-state index contributed by atoms with van der Waals surface area (Å²) in [7, 11) is 0. The number of guanidine groups is 1. The van der Waals surface area contributed by atoms with Crippen LogP contribution < -0.4 is 20.1 Å². The van der Waals surface area contributed by atoms with Gasteiger partial charge in [-0.2, -0.15) is 0 Å². The summed E-state index contributed by atoms with van der Waals surface area (Å²) in [5, 5.41) is 6.54. The smallest absolute Gasteiger partial charge is 0.219 e. The second-order valence-corrected chi connectivity index (χ2v) is 6.00. The zero-order valence-corrected chi connectivity index (χ0v) is 16.0. The Balaban J connectivity index is 2.02. The third kappa shape index (κ3) is 6.63. The maximum Gasteiger partial charge on any atom is 0.219 e. The van der Waals surface area contributed by atoms with E-state index in [2.05, 4.69) is 34.5 Å². The quantitative estimate of drug-likeness (QED) is 0.557. The fourth-order valence-corrected chi connectivity index (χ4v) is 2.26. The van der Waals surface area contributed by atoms with E-state index in [1.807, 2.05) is 50.2 Å². The first-order chi connectivity index (χ1) is 12.6. The fraction of sp³-hybridized carbons (Fsp3) is 0.400. The molecular weight excluding hydrogens is 328 g/mol. The van der Waals surface area contributed by atoms with Gasteiger partial charge < -0.3 is 20.1 Å². The molecule has 0 aliphatic carbocycles. The Labute approximate surface area is 155 Å². The first kappa shape index (κ1) is 19.6. The van der Waals surface area contributed by atoms with Crippen molar-refractivity contribution < 1.29 is 9.47 Å². The van der Waals surface area contributed by atoms with E-state index in [9.17, 15) is 0 Å². The van der Waals surface area contributed by atoms with Crippen molar-refractivity contribution in [3.8, 4) is 17.4 Å². The summed E-state index contributed by atoms with van der Waals surface area (Å²) in [5.74, 6) is 2.89. The number of benzene rings is 1. The number of pyridine rings is 1. The van der Waals surface area contributed by atoms with Gasteiger partial charge in [-0.05, 0) is 63.6 Å². The van der Waals surface area contributed by atoms with E-state index in [0.29, 0.717) is 25.1 Å². The number of rotatable bonds is 8. The van der Waals surface area contributed by atoms with Crippen molar-refractivity contribution in [1.29, 1.82) is 0 Å². The number of nitrogens with one attached hydrogen (secondary N) is 2. The van der Waals surface area contributed by atoms with Crippen LogP contribution in [0.3, 0.4) is 0 Å². The molecule has 6 heteroatoms. The molecule has 0 saturated carbocycles. The van der Waals surface area contributed by atoms with Gasteiger partial charge in [-0.15, -0.1) is 0 Å². The Kier molecular flexibility index (Phi) is 7.74. The van der Waals surface area contributed by atoms with Crippen LogP contribution >= 0.6 is 0 Å². The highest BCUT2D eigenvalue weighted by Gasteiger charge is 2.03. The molecule has 6 nitrogen and oxygen atoms in total. The van der Waals surface area contributed by atoms with Crippen LogP contribution in [-0.2, 0) is 6.54 Å². The van der Waals surface area contributed by atoms with Crippen LogP contribution in [0.25, 0.3) is 0 Å². The summed E-state index contributed by atoms with van der Waals surface area (Å²) in [6.45, 7) is 10.2. The monoisotopic (exact) mass is 356 g/mol. The topological polar surface area (TPSA) is 67.8 Å². The lowest BCUT2D eigenvalue weighted by Gasteiger charge is -2.14. The van der Waals surface area contributed by atoms with Crippen LogP contribution in [0.1, 0.15) is 33.3 Å². The molecule has 0 radical (unpaired) electrons. The van der Waals surface area contributed by atoms with E-state index in [1.54, 1.807) is 6.20 Å². The molecule has 140 valence electrons. The lowest BCUT2D eigenvalue weighted by molar-refractivity contribution is 0.339. The largest absolute Gasteiger partial charge is 0.494 e. The summed E-state index contributed by atoms with van der Waals surface area (Å²) in [6.07, 6.45) is 1.73. The standard InChI is InChI=1S/C20H28N4O2/c1-5-21-20(24-15(3)4)23-14-16-11-12-22-19(13-16)26-18-9-7-17(8-10-18)25-6-2/h7-13,15H,5-6,14H2,1-4H3,(H2,21,23,24). The fourth-order valence-electron chi connectivity index (χ4n) is 2.26. The summed E-state index contributed by atoms with van der Waals surface area (Å²) < 4.78 is 11.3. The first-order valence-electron chi connectivity index (χ1n) is 9.01. The summed E-state index contributed by atoms with van der Waals surface area (Å²) in [6, 6.07) is 11.7. The van der Waals surface area contributed by atoms with Gasteiger partial charge in [-0.1, -0.05) is 0 Å². The van der Waals surface area contributed by atoms with Crippen molar-refractivity contribution in [2.75, 3.05) is 13.2 Å². The molecule has 1 heterocycles. The van der Waals surface area contributed by atoms with Gasteiger partial charge in [0.15, 0.2) is 5.96 Å². The van der Waals surface area contributed by atoms with E-state index >= 15 is 0 Å². The summed E-state index contributed by atoms with van der Waals surface area (Å²) in [5.41, 5.74) is 1.03. The molecule has 1 aromatic carbocycles. The summed E-state index contributed by atoms with van der Waals surface area (Å²) >= 11 is 0. The van der Waals surface area contributed by atoms with Gasteiger partial charge in [0.25, 0.3) is 0 Å². The maximum absolute atomic E-state index is 5.82. The van der Waals surface area contributed by atoms with Gasteiger partial charge in [-0.25, -0.2) is 9.98 Å². The maximum atomic E-state index is 5.82. The van der Waals surface area contributed by atoms with Crippen molar-refractivity contribution in [3.63, 3.8) is 0 Å². The van der Waals surface area contributed by atoms with Gasteiger partial charge in [0, 0.05) is 24.8 Å². The second kappa shape index (κ2) is 10.3. The van der Waals surface area contributed by atoms with Crippen molar-refractivity contribution in [3.05, 3.63) is 48.2 Å². The van der Waals surface area contributed by atoms with Gasteiger partial charge in [-0.3, -0.25) is 0 Å². The van der Waals surface area contributed by atoms with Crippen LogP contribution in [0.5, 0.6) is 17.4 Å². The predicted octanol–water partition coefficient (Wildman–Crippen LogP) is 3.74. The van der Waals surface area contributed by atoms with Crippen molar-refractivity contribution in [2.45, 2.75) is 40.3 Å². The van der Waals surface area contributed by atoms with Gasteiger partial charge in [0.1, 0.15) is 11.5 Å². The molecule has 2 N–H and O–H groups in total. The van der Waals surface area contributed by atoms with Crippen LogP contribution in [-0.4, -0.2) is 30.1 Å². The highest BCUT2D eigenvalue weighted by molar-refractivity contribution is 5.79. The van der Waals surface area contributed by atoms with E-state index in [1.165, 1.54) is 0 Å². The number of hydrogen-bond acceptors (Lipinski definition) is 4. The Morgan fingerprint density at radius 3 is 2.50 bits per heavy atom. The minimum Gasteiger partial charge on any atom is -0.494 e. The third-order valence-electron chi connectivity index (χ3n) is 3.35. The number of nitrogens with zero attached hydrogens (tertiary/aromatic N) is 2. The van der Waals surface area contributed by atoms with Crippen molar-refractivity contribution >= 4 is 5.96 Å². The van der Waals surface area contributed by atoms with Crippen LogP contribution in [0, 0.1) is 0 Å². The van der Waals surface area contributed by atoms with E-state index in [0.717, 1.165) is 29.6 Å². The number of aliphatic imine (C=N–C) groups is 1. The van der Waals surface area contributed by atoms with E-state index in [-0.39, 0.29) is 0 Å². The Morgan fingerprint density at radius 1 is 1.12 bits per heavy atom. The molecule has 0 amide bonds. The molecular formula is C20H28N4O2. The molecule has 0 bridgehead atoms. The van der Waals surface area contributed by atoms with E-state index in [4.69, 9.17) is 9.47 Å².